The summed E-state index contributed by atoms with van der Waals surface area (Å²) in [7, 11) is 4.54. The number of quaternary nitrogens is 1. The summed E-state index contributed by atoms with van der Waals surface area (Å²) in [5.74, 6) is 0. The van der Waals surface area contributed by atoms with Gasteiger partial charge in [0.15, 0.2) is 0 Å². The zero-order chi connectivity index (χ0) is 14.1. The van der Waals surface area contributed by atoms with E-state index in [1.807, 2.05) is 6.92 Å². The third-order valence-corrected chi connectivity index (χ3v) is 3.06. The van der Waals surface area contributed by atoms with Gasteiger partial charge >= 0.3 is 0 Å². The molecule has 0 bridgehead atoms. The third-order valence-electron chi connectivity index (χ3n) is 3.06. The van der Waals surface area contributed by atoms with Gasteiger partial charge in [0.05, 0.1) is 33.2 Å². The van der Waals surface area contributed by atoms with Crippen LogP contribution in [0.2, 0.25) is 0 Å². The van der Waals surface area contributed by atoms with Crippen LogP contribution in [-0.2, 0) is 6.54 Å². The van der Waals surface area contributed by atoms with Gasteiger partial charge in [-0.05, 0) is 13.8 Å². The first-order chi connectivity index (χ1) is 9.03. The highest BCUT2D eigenvalue weighted by Gasteiger charge is 2.14. The van der Waals surface area contributed by atoms with E-state index in [4.69, 9.17) is 0 Å². The highest BCUT2D eigenvalue weighted by atomic mass is 35.5. The van der Waals surface area contributed by atoms with Gasteiger partial charge in [0.1, 0.15) is 6.54 Å². The molecule has 0 saturated heterocycles. The van der Waals surface area contributed by atoms with Crippen molar-refractivity contribution in [1.82, 2.24) is 0 Å². The van der Waals surface area contributed by atoms with Gasteiger partial charge in [-0.25, -0.2) is 9.98 Å². The van der Waals surface area contributed by atoms with Crippen LogP contribution in [0.25, 0.3) is 0 Å². The Morgan fingerprint density at radius 3 is 2.29 bits per heavy atom. The van der Waals surface area contributed by atoms with E-state index in [1.165, 1.54) is 11.1 Å². The van der Waals surface area contributed by atoms with Crippen LogP contribution < -0.4 is 12.4 Å². The minimum absolute atomic E-state index is 0. The average molecular weight is 330 g/mol. The second kappa shape index (κ2) is 11.9. The number of halogens is 1. The molecule has 0 aliphatic heterocycles. The largest absolute Gasteiger partial charge is 1.00 e. The minimum Gasteiger partial charge on any atom is -1.00 e. The smallest absolute Gasteiger partial charge is 0.104 e. The van der Waals surface area contributed by atoms with Gasteiger partial charge in [0, 0.05) is 18.5 Å². The van der Waals surface area contributed by atoms with Crippen LogP contribution in [0, 0.1) is 6.92 Å². The summed E-state index contributed by atoms with van der Waals surface area (Å²) in [6.07, 6.45) is 1.07. The van der Waals surface area contributed by atoms with Crippen LogP contribution >= 0.6 is 9.90 Å². The molecule has 1 aromatic carbocycles. The summed E-state index contributed by atoms with van der Waals surface area (Å²) in [6, 6.07) is 11.5. The zero-order valence-corrected chi connectivity index (χ0v) is 15.9. The Kier molecular flexibility index (Phi) is 12.8. The Hall–Kier alpha value is -0.720. The summed E-state index contributed by atoms with van der Waals surface area (Å²) in [6.45, 7) is 7.87. The van der Waals surface area contributed by atoms with E-state index in [-0.39, 0.29) is 22.3 Å². The molecular weight excluding hydrogens is 301 g/mol. The van der Waals surface area contributed by atoms with Gasteiger partial charge in [0.25, 0.3) is 0 Å². The Morgan fingerprint density at radius 1 is 1.10 bits per heavy atom. The summed E-state index contributed by atoms with van der Waals surface area (Å²) >= 11 is 0. The third kappa shape index (κ3) is 10.6. The van der Waals surface area contributed by atoms with E-state index in [0.717, 1.165) is 37.1 Å². The van der Waals surface area contributed by atoms with Crippen molar-refractivity contribution in [3.05, 3.63) is 35.4 Å². The van der Waals surface area contributed by atoms with Gasteiger partial charge in [-0.1, -0.05) is 29.8 Å². The Bertz CT molecular complexity index is 437. The Labute approximate surface area is 139 Å². The topological polar surface area (TPSA) is 24.7 Å². The monoisotopic (exact) mass is 329 g/mol. The number of aryl methyl sites for hydroxylation is 1. The van der Waals surface area contributed by atoms with E-state index < -0.39 is 0 Å². The zero-order valence-electron chi connectivity index (χ0n) is 13.8. The van der Waals surface area contributed by atoms with E-state index in [1.54, 1.807) is 0 Å². The maximum absolute atomic E-state index is 4.16. The van der Waals surface area contributed by atoms with E-state index >= 15 is 0 Å². The fourth-order valence-corrected chi connectivity index (χ4v) is 2.02. The minimum atomic E-state index is 0. The van der Waals surface area contributed by atoms with Gasteiger partial charge in [-0.3, -0.25) is 0 Å². The lowest BCUT2D eigenvalue weighted by Crippen LogP contribution is -3.00. The molecule has 0 amide bonds. The molecule has 0 aliphatic rings. The predicted molar refractivity (Wildman–Crippen MR) is 92.9 cm³/mol. The standard InChI is InChI=1S/C16H26N3.ClH.H3P/c1-5-17-14-18-11-6-12-19(3,4)13-16-9-7-15(2)8-10-16;;/h7-10H,5-6,11-13H2,1-4H3;1H;1H3/q+1;;/p-1. The molecule has 1 rings (SSSR count). The molecule has 0 N–H and O–H groups in total. The second-order valence-electron chi connectivity index (χ2n) is 5.61. The highest BCUT2D eigenvalue weighted by Crippen LogP contribution is 2.11. The predicted octanol–water partition coefficient (Wildman–Crippen LogP) is 0.217. The highest BCUT2D eigenvalue weighted by molar-refractivity contribution is 6.92. The lowest BCUT2D eigenvalue weighted by molar-refractivity contribution is -0.903. The fourth-order valence-electron chi connectivity index (χ4n) is 2.02. The number of hydrogen-bond donors (Lipinski definition) is 0. The van der Waals surface area contributed by atoms with Crippen LogP contribution in [0.1, 0.15) is 24.5 Å². The van der Waals surface area contributed by atoms with E-state index in [0.29, 0.717) is 0 Å². The van der Waals surface area contributed by atoms with Crippen molar-refractivity contribution in [3.63, 3.8) is 0 Å². The lowest BCUT2D eigenvalue weighted by Gasteiger charge is -2.29. The fraction of sp³-hybridized carbons (Fsp3) is 0.562. The van der Waals surface area contributed by atoms with Crippen LogP contribution in [-0.4, -0.2) is 44.2 Å². The number of nitrogens with zero attached hydrogens (tertiary/aromatic N) is 3. The van der Waals surface area contributed by atoms with Crippen molar-refractivity contribution in [2.75, 3.05) is 33.7 Å². The molecule has 5 heteroatoms. The van der Waals surface area contributed by atoms with Crippen molar-refractivity contribution in [2.45, 2.75) is 26.8 Å². The number of benzene rings is 1. The molecule has 0 aliphatic carbocycles. The molecule has 1 unspecified atom stereocenters. The average Bonchev–Trinajstić information content (AvgIpc) is 2.36. The van der Waals surface area contributed by atoms with Gasteiger partial charge in [-0.15, -0.1) is 0 Å². The Morgan fingerprint density at radius 2 is 1.71 bits per heavy atom. The maximum atomic E-state index is 4.16. The molecule has 21 heavy (non-hydrogen) atoms. The van der Waals surface area contributed by atoms with Crippen LogP contribution in [0.15, 0.2) is 34.3 Å². The van der Waals surface area contributed by atoms with Gasteiger partial charge in [0.2, 0.25) is 0 Å². The van der Waals surface area contributed by atoms with Crippen molar-refractivity contribution >= 4 is 15.9 Å². The molecule has 0 aromatic heterocycles. The van der Waals surface area contributed by atoms with Gasteiger partial charge in [-0.2, -0.15) is 9.90 Å². The summed E-state index contributed by atoms with van der Waals surface area (Å²) < 4.78 is 0.990. The molecule has 1 aromatic rings. The molecule has 1 atom stereocenters. The van der Waals surface area contributed by atoms with Crippen molar-refractivity contribution in [2.24, 2.45) is 9.98 Å². The van der Waals surface area contributed by atoms with Crippen molar-refractivity contribution in [3.8, 4) is 0 Å². The molecular formula is C16H29ClN3P. The first-order valence-corrected chi connectivity index (χ1v) is 6.99. The molecule has 0 heterocycles. The Balaban J connectivity index is 0. The molecule has 120 valence electrons. The summed E-state index contributed by atoms with van der Waals surface area (Å²) in [4.78, 5) is 8.12. The second-order valence-corrected chi connectivity index (χ2v) is 5.61. The number of hydrogen-bond acceptors (Lipinski definition) is 2. The molecule has 3 nitrogen and oxygen atoms in total. The molecule has 0 radical (unpaired) electrons. The first-order valence-electron chi connectivity index (χ1n) is 6.99. The number of aliphatic imine (C=N–C) groups is 2. The maximum Gasteiger partial charge on any atom is 0.104 e. The SMILES string of the molecule is CCN=C=NCCC[N+](C)(C)Cc1ccc(C)cc1.P.[Cl-]. The number of rotatable bonds is 7. The summed E-state index contributed by atoms with van der Waals surface area (Å²) in [5, 5.41) is 0. The van der Waals surface area contributed by atoms with Crippen LogP contribution in [0.3, 0.4) is 0 Å². The van der Waals surface area contributed by atoms with Crippen LogP contribution in [0.4, 0.5) is 0 Å². The first kappa shape index (κ1) is 22.6. The van der Waals surface area contributed by atoms with E-state index in [2.05, 4.69) is 61.3 Å². The normalized spacial score (nSPS) is 9.90. The molecule has 0 fully saturated rings. The van der Waals surface area contributed by atoms with Crippen molar-refractivity contribution in [1.29, 1.82) is 0 Å². The van der Waals surface area contributed by atoms with Crippen molar-refractivity contribution < 1.29 is 16.9 Å². The lowest BCUT2D eigenvalue weighted by atomic mass is 10.1. The molecule has 0 spiro atoms. The molecule has 0 saturated carbocycles. The van der Waals surface area contributed by atoms with Crippen LogP contribution in [0.5, 0.6) is 0 Å². The summed E-state index contributed by atoms with van der Waals surface area (Å²) in [5.41, 5.74) is 2.71. The van der Waals surface area contributed by atoms with E-state index in [9.17, 15) is 0 Å². The van der Waals surface area contributed by atoms with Gasteiger partial charge < -0.3 is 16.9 Å². The quantitative estimate of drug-likeness (QED) is 0.296.